The molecule has 0 aliphatic rings. The van der Waals surface area contributed by atoms with E-state index in [2.05, 4.69) is 4.74 Å². The van der Waals surface area contributed by atoms with Gasteiger partial charge in [-0.3, -0.25) is 0 Å². The zero-order valence-corrected chi connectivity index (χ0v) is 10.9. The van der Waals surface area contributed by atoms with Gasteiger partial charge < -0.3 is 4.74 Å². The van der Waals surface area contributed by atoms with Crippen molar-refractivity contribution in [3.63, 3.8) is 0 Å². The average molecular weight is 308 g/mol. The maximum absolute atomic E-state index is 12.8. The molecule has 0 saturated carbocycles. The SMILES string of the molecule is CCC(OC(F)CC(F)(F)F)[Si](Cl)(Cl)Cl. The number of halogens is 7. The number of hydrogen-bond acceptors (Lipinski definition) is 1. The molecule has 92 valence electrons. The summed E-state index contributed by atoms with van der Waals surface area (Å²) in [6, 6.07) is -3.34. The Labute approximate surface area is 99.7 Å². The third-order valence-corrected chi connectivity index (χ3v) is 4.90. The maximum Gasteiger partial charge on any atom is 0.394 e. The van der Waals surface area contributed by atoms with Gasteiger partial charge in [-0.2, -0.15) is 13.2 Å². The minimum atomic E-state index is -4.63. The summed E-state index contributed by atoms with van der Waals surface area (Å²) in [4.78, 5) is 0. The molecule has 2 atom stereocenters. The molecule has 0 aromatic heterocycles. The first kappa shape index (κ1) is 15.8. The van der Waals surface area contributed by atoms with Crippen LogP contribution in [0.3, 0.4) is 0 Å². The Balaban J connectivity index is 4.20. The quantitative estimate of drug-likeness (QED) is 0.420. The molecule has 0 fully saturated rings. The van der Waals surface area contributed by atoms with E-state index in [0.29, 0.717) is 0 Å². The lowest BCUT2D eigenvalue weighted by Gasteiger charge is -2.23. The van der Waals surface area contributed by atoms with E-state index in [1.54, 1.807) is 6.92 Å². The summed E-state index contributed by atoms with van der Waals surface area (Å²) in [6.45, 7) is 1.54. The van der Waals surface area contributed by atoms with Crippen LogP contribution < -0.4 is 0 Å². The molecular formula is C6H9Cl3F4OSi. The summed E-state index contributed by atoms with van der Waals surface area (Å²) in [5.41, 5.74) is -1.07. The first-order valence-electron chi connectivity index (χ1n) is 3.99. The van der Waals surface area contributed by atoms with Crippen LogP contribution in [0, 0.1) is 0 Å². The molecule has 0 aromatic rings. The van der Waals surface area contributed by atoms with Crippen molar-refractivity contribution in [2.45, 2.75) is 38.0 Å². The predicted octanol–water partition coefficient (Wildman–Crippen LogP) is 4.22. The molecular weight excluding hydrogens is 299 g/mol. The maximum atomic E-state index is 12.8. The van der Waals surface area contributed by atoms with Gasteiger partial charge >= 0.3 is 12.2 Å². The van der Waals surface area contributed by atoms with Gasteiger partial charge in [0.15, 0.2) is 0 Å². The topological polar surface area (TPSA) is 9.23 Å². The van der Waals surface area contributed by atoms with Crippen LogP contribution in [0.15, 0.2) is 0 Å². The highest BCUT2D eigenvalue weighted by atomic mass is 35.8. The fraction of sp³-hybridized carbons (Fsp3) is 1.00. The predicted molar refractivity (Wildman–Crippen MR) is 54.0 cm³/mol. The monoisotopic (exact) mass is 306 g/mol. The van der Waals surface area contributed by atoms with E-state index < -0.39 is 30.7 Å². The van der Waals surface area contributed by atoms with E-state index in [9.17, 15) is 17.6 Å². The van der Waals surface area contributed by atoms with Crippen LogP contribution in [0.2, 0.25) is 0 Å². The van der Waals surface area contributed by atoms with Gasteiger partial charge in [0.05, 0.1) is 12.1 Å². The van der Waals surface area contributed by atoms with Gasteiger partial charge in [0.2, 0.25) is 6.36 Å². The Kier molecular flexibility index (Phi) is 6.21. The van der Waals surface area contributed by atoms with Gasteiger partial charge in [0.1, 0.15) is 0 Å². The van der Waals surface area contributed by atoms with Crippen LogP contribution in [-0.4, -0.2) is 24.3 Å². The van der Waals surface area contributed by atoms with Crippen molar-refractivity contribution in [2.75, 3.05) is 0 Å². The van der Waals surface area contributed by atoms with Crippen molar-refractivity contribution >= 4 is 39.2 Å². The molecule has 0 rings (SSSR count). The van der Waals surface area contributed by atoms with E-state index >= 15 is 0 Å². The molecule has 0 spiro atoms. The average Bonchev–Trinajstić information content (AvgIpc) is 1.94. The lowest BCUT2D eigenvalue weighted by Crippen LogP contribution is -2.37. The summed E-state index contributed by atoms with van der Waals surface area (Å²) in [6.07, 6.45) is -8.66. The molecule has 0 N–H and O–H groups in total. The smallest absolute Gasteiger partial charge is 0.344 e. The molecule has 0 aliphatic carbocycles. The Morgan fingerprint density at radius 1 is 1.27 bits per heavy atom. The molecule has 0 saturated heterocycles. The summed E-state index contributed by atoms with van der Waals surface area (Å²) >= 11 is 16.5. The van der Waals surface area contributed by atoms with Gasteiger partial charge in [-0.05, 0) is 6.42 Å². The Bertz CT molecular complexity index is 196. The van der Waals surface area contributed by atoms with E-state index in [1.165, 1.54) is 0 Å². The van der Waals surface area contributed by atoms with Crippen LogP contribution in [0.25, 0.3) is 0 Å². The molecule has 0 heterocycles. The zero-order chi connectivity index (χ0) is 12.3. The number of ether oxygens (including phenoxy) is 1. The van der Waals surface area contributed by atoms with Crippen LogP contribution in [0.1, 0.15) is 19.8 Å². The van der Waals surface area contributed by atoms with E-state index in [1.807, 2.05) is 0 Å². The van der Waals surface area contributed by atoms with Crippen molar-refractivity contribution in [3.8, 4) is 0 Å². The van der Waals surface area contributed by atoms with Gasteiger partial charge in [-0.25, -0.2) is 4.39 Å². The highest BCUT2D eigenvalue weighted by Gasteiger charge is 2.41. The third-order valence-electron chi connectivity index (χ3n) is 1.44. The Hall–Kier alpha value is 0.767. The molecule has 1 nitrogen and oxygen atoms in total. The Morgan fingerprint density at radius 3 is 2.00 bits per heavy atom. The van der Waals surface area contributed by atoms with Crippen LogP contribution >= 0.6 is 33.2 Å². The standard InChI is InChI=1S/C6H9Cl3F4OSi/c1-2-5(15(7,8)9)14-4(10)3-6(11,12)13/h4-5H,2-3H2,1H3. The van der Waals surface area contributed by atoms with Crippen molar-refractivity contribution in [1.29, 1.82) is 0 Å². The fourth-order valence-corrected chi connectivity index (χ4v) is 3.43. The third kappa shape index (κ3) is 7.62. The Morgan fingerprint density at radius 2 is 1.73 bits per heavy atom. The number of rotatable bonds is 5. The highest BCUT2D eigenvalue weighted by molar-refractivity contribution is 7.65. The second-order valence-electron chi connectivity index (χ2n) is 2.80. The van der Waals surface area contributed by atoms with E-state index in [4.69, 9.17) is 33.2 Å². The minimum absolute atomic E-state index is 0.154. The summed E-state index contributed by atoms with van der Waals surface area (Å²) in [5.74, 6) is 0. The molecule has 9 heteroatoms. The fourth-order valence-electron chi connectivity index (χ4n) is 0.813. The van der Waals surface area contributed by atoms with Gasteiger partial charge in [0.25, 0.3) is 0 Å². The van der Waals surface area contributed by atoms with Crippen LogP contribution in [0.4, 0.5) is 17.6 Å². The van der Waals surface area contributed by atoms with Crippen molar-refractivity contribution in [1.82, 2.24) is 0 Å². The number of hydrogen-bond donors (Lipinski definition) is 0. The molecule has 0 amide bonds. The summed E-state index contributed by atoms with van der Waals surface area (Å²) in [5, 5.41) is 0. The molecule has 0 aromatic carbocycles. The number of alkyl halides is 4. The molecule has 2 unspecified atom stereocenters. The van der Waals surface area contributed by atoms with Gasteiger partial charge in [0, 0.05) is 0 Å². The lowest BCUT2D eigenvalue weighted by molar-refractivity contribution is -0.187. The molecule has 0 radical (unpaired) electrons. The van der Waals surface area contributed by atoms with Gasteiger partial charge in [-0.15, -0.1) is 33.2 Å². The minimum Gasteiger partial charge on any atom is -0.344 e. The van der Waals surface area contributed by atoms with Crippen molar-refractivity contribution in [2.24, 2.45) is 0 Å². The van der Waals surface area contributed by atoms with E-state index in [0.717, 1.165) is 0 Å². The molecule has 0 bridgehead atoms. The van der Waals surface area contributed by atoms with Crippen molar-refractivity contribution in [3.05, 3.63) is 0 Å². The summed E-state index contributed by atoms with van der Waals surface area (Å²) < 4.78 is 52.4. The summed E-state index contributed by atoms with van der Waals surface area (Å²) in [7, 11) is 0. The largest absolute Gasteiger partial charge is 0.394 e. The van der Waals surface area contributed by atoms with Crippen molar-refractivity contribution < 1.29 is 22.3 Å². The second-order valence-corrected chi connectivity index (χ2v) is 11.6. The van der Waals surface area contributed by atoms with Crippen LogP contribution in [-0.2, 0) is 4.74 Å². The molecule has 15 heavy (non-hydrogen) atoms. The molecule has 0 aliphatic heterocycles. The highest BCUT2D eigenvalue weighted by Crippen LogP contribution is 2.31. The zero-order valence-electron chi connectivity index (χ0n) is 7.62. The first-order chi connectivity index (χ1) is 6.56. The second kappa shape index (κ2) is 5.91. The van der Waals surface area contributed by atoms with Gasteiger partial charge in [-0.1, -0.05) is 6.92 Å². The van der Waals surface area contributed by atoms with Crippen LogP contribution in [0.5, 0.6) is 0 Å². The first-order valence-corrected chi connectivity index (χ1v) is 9.10. The lowest BCUT2D eigenvalue weighted by atomic mass is 10.4. The normalized spacial score (nSPS) is 17.6. The van der Waals surface area contributed by atoms with E-state index in [-0.39, 0.29) is 6.42 Å².